The first-order valence-corrected chi connectivity index (χ1v) is 9.70. The average molecular weight is 404 g/mol. The zero-order valence-corrected chi connectivity index (χ0v) is 16.2. The number of aromatic nitrogens is 6. The Kier molecular flexibility index (Phi) is 4.31. The summed E-state index contributed by atoms with van der Waals surface area (Å²) in [6, 6.07) is 7.89. The van der Waals surface area contributed by atoms with Crippen LogP contribution in [0, 0.1) is 0 Å². The highest BCUT2D eigenvalue weighted by Gasteiger charge is 2.20. The lowest BCUT2D eigenvalue weighted by Gasteiger charge is -2.14. The Labute approximate surface area is 170 Å². The van der Waals surface area contributed by atoms with Crippen molar-refractivity contribution in [3.05, 3.63) is 69.2 Å². The zero-order chi connectivity index (χ0) is 20.7. The summed E-state index contributed by atoms with van der Waals surface area (Å²) in [6.45, 7) is 2.01. The number of nitrogens with zero attached hydrogens (tertiary/aromatic N) is 5. The molecule has 30 heavy (non-hydrogen) atoms. The lowest BCUT2D eigenvalue weighted by Crippen LogP contribution is -2.21. The van der Waals surface area contributed by atoms with Crippen LogP contribution in [0.25, 0.3) is 11.7 Å². The van der Waals surface area contributed by atoms with Crippen LogP contribution in [0.2, 0.25) is 0 Å². The first-order valence-electron chi connectivity index (χ1n) is 9.70. The lowest BCUT2D eigenvalue weighted by molar-refractivity contribution is 0.454. The monoisotopic (exact) mass is 404 g/mol. The third-order valence-electron chi connectivity index (χ3n) is 4.87. The predicted octanol–water partition coefficient (Wildman–Crippen LogP) is 0.630. The van der Waals surface area contributed by atoms with E-state index in [9.17, 15) is 9.90 Å². The molecule has 1 saturated carbocycles. The van der Waals surface area contributed by atoms with Crippen LogP contribution >= 0.6 is 0 Å². The molecule has 4 aromatic rings. The predicted molar refractivity (Wildman–Crippen MR) is 110 cm³/mol. The molecule has 0 bridgehead atoms. The van der Waals surface area contributed by atoms with Crippen molar-refractivity contribution in [2.24, 2.45) is 4.99 Å². The molecule has 0 saturated heterocycles. The van der Waals surface area contributed by atoms with E-state index in [1.54, 1.807) is 23.0 Å². The topological polar surface area (TPSA) is 136 Å². The molecule has 1 aliphatic carbocycles. The number of hydrogen-bond acceptors (Lipinski definition) is 7. The Morgan fingerprint density at radius 1 is 1.37 bits per heavy atom. The fourth-order valence-corrected chi connectivity index (χ4v) is 3.20. The van der Waals surface area contributed by atoms with Crippen molar-refractivity contribution < 1.29 is 5.11 Å². The largest absolute Gasteiger partial charge is 0.493 e. The maximum absolute atomic E-state index is 11.4. The third-order valence-corrected chi connectivity index (χ3v) is 4.87. The third kappa shape index (κ3) is 3.54. The molecule has 1 unspecified atom stereocenters. The summed E-state index contributed by atoms with van der Waals surface area (Å²) in [6.07, 6.45) is 7.14. The van der Waals surface area contributed by atoms with Gasteiger partial charge in [0.1, 0.15) is 11.5 Å². The van der Waals surface area contributed by atoms with Crippen molar-refractivity contribution in [1.29, 1.82) is 0 Å². The highest BCUT2D eigenvalue weighted by atomic mass is 16.3. The minimum absolute atomic E-state index is 0.0599. The van der Waals surface area contributed by atoms with E-state index in [-0.39, 0.29) is 17.6 Å². The minimum atomic E-state index is -0.487. The molecule has 1 atom stereocenters. The van der Waals surface area contributed by atoms with Gasteiger partial charge in [0, 0.05) is 17.5 Å². The zero-order valence-electron chi connectivity index (χ0n) is 16.2. The van der Waals surface area contributed by atoms with Crippen LogP contribution < -0.4 is 21.7 Å². The van der Waals surface area contributed by atoms with Gasteiger partial charge >= 0.3 is 5.69 Å². The Hall–Kier alpha value is -3.95. The average Bonchev–Trinajstić information content (AvgIpc) is 3.37. The molecule has 1 fully saturated rings. The van der Waals surface area contributed by atoms with E-state index in [4.69, 9.17) is 9.98 Å². The summed E-state index contributed by atoms with van der Waals surface area (Å²) in [5.74, 6) is 0.405. The van der Waals surface area contributed by atoms with Crippen LogP contribution in [-0.2, 0) is 0 Å². The number of fused-ring (bicyclic) bond motifs is 1. The van der Waals surface area contributed by atoms with Gasteiger partial charge in [0.05, 0.1) is 24.0 Å². The molecule has 0 amide bonds. The van der Waals surface area contributed by atoms with E-state index in [1.165, 1.54) is 0 Å². The Morgan fingerprint density at radius 3 is 2.93 bits per heavy atom. The number of pyridine rings is 1. The SMILES string of the molecule is CC(Nc1cc(=NC2CC2)n2nc/c(=C/c3[nH]c(=O)[nH]c3O)c2n1)c1ccccn1. The Bertz CT molecular complexity index is 1380. The first kappa shape index (κ1) is 18.1. The number of rotatable bonds is 5. The van der Waals surface area contributed by atoms with Crippen LogP contribution in [-0.4, -0.2) is 40.7 Å². The molecule has 10 nitrogen and oxygen atoms in total. The van der Waals surface area contributed by atoms with Crippen LogP contribution in [0.5, 0.6) is 5.88 Å². The molecule has 4 aromatic heterocycles. The maximum atomic E-state index is 11.4. The van der Waals surface area contributed by atoms with E-state index in [2.05, 4.69) is 25.4 Å². The Morgan fingerprint density at radius 2 is 2.23 bits per heavy atom. The van der Waals surface area contributed by atoms with E-state index in [1.807, 2.05) is 31.2 Å². The summed E-state index contributed by atoms with van der Waals surface area (Å²) in [7, 11) is 0. The molecule has 4 heterocycles. The highest BCUT2D eigenvalue weighted by Crippen LogP contribution is 2.22. The molecular weight excluding hydrogens is 384 g/mol. The van der Waals surface area contributed by atoms with Crippen molar-refractivity contribution in [3.63, 3.8) is 0 Å². The molecule has 0 radical (unpaired) electrons. The summed E-state index contributed by atoms with van der Waals surface area (Å²) in [4.78, 5) is 30.1. The van der Waals surface area contributed by atoms with E-state index >= 15 is 0 Å². The van der Waals surface area contributed by atoms with Gasteiger partial charge in [0.25, 0.3) is 0 Å². The molecule has 0 aliphatic heterocycles. The van der Waals surface area contributed by atoms with Gasteiger partial charge in [-0.1, -0.05) is 6.07 Å². The number of anilines is 1. The van der Waals surface area contributed by atoms with E-state index in [0.29, 0.717) is 28.2 Å². The fourth-order valence-electron chi connectivity index (χ4n) is 3.20. The van der Waals surface area contributed by atoms with Crippen molar-refractivity contribution in [1.82, 2.24) is 29.5 Å². The quantitative estimate of drug-likeness (QED) is 0.385. The van der Waals surface area contributed by atoms with Crippen LogP contribution in [0.4, 0.5) is 5.82 Å². The van der Waals surface area contributed by atoms with Gasteiger partial charge in [0.15, 0.2) is 11.1 Å². The van der Waals surface area contributed by atoms with Gasteiger partial charge < -0.3 is 15.4 Å². The molecule has 152 valence electrons. The molecule has 10 heteroatoms. The molecular formula is C20H20N8O2. The smallest absolute Gasteiger partial charge is 0.326 e. The van der Waals surface area contributed by atoms with Crippen LogP contribution in [0.1, 0.15) is 37.2 Å². The highest BCUT2D eigenvalue weighted by molar-refractivity contribution is 5.58. The van der Waals surface area contributed by atoms with Gasteiger partial charge in [-0.15, -0.1) is 0 Å². The number of aromatic hydroxyl groups is 1. The number of nitrogens with one attached hydrogen (secondary N) is 3. The van der Waals surface area contributed by atoms with Gasteiger partial charge in [-0.3, -0.25) is 15.0 Å². The number of H-pyrrole nitrogens is 2. The Balaban J connectivity index is 1.63. The summed E-state index contributed by atoms with van der Waals surface area (Å²) in [5.41, 5.74) is 1.94. The summed E-state index contributed by atoms with van der Waals surface area (Å²) < 4.78 is 1.67. The normalized spacial score (nSPS) is 16.3. The number of imidazole rings is 1. The lowest BCUT2D eigenvalue weighted by atomic mass is 10.2. The van der Waals surface area contributed by atoms with Crippen molar-refractivity contribution >= 4 is 17.5 Å². The molecule has 1 aliphatic rings. The van der Waals surface area contributed by atoms with Crippen LogP contribution in [0.3, 0.4) is 0 Å². The van der Waals surface area contributed by atoms with E-state index < -0.39 is 5.69 Å². The van der Waals surface area contributed by atoms with Gasteiger partial charge in [0.2, 0.25) is 5.88 Å². The van der Waals surface area contributed by atoms with E-state index in [0.717, 1.165) is 18.5 Å². The van der Waals surface area contributed by atoms with Crippen molar-refractivity contribution in [3.8, 4) is 5.88 Å². The van der Waals surface area contributed by atoms with Gasteiger partial charge in [-0.25, -0.2) is 9.78 Å². The van der Waals surface area contributed by atoms with Gasteiger partial charge in [-0.05, 0) is 38.0 Å². The van der Waals surface area contributed by atoms with Crippen molar-refractivity contribution in [2.75, 3.05) is 5.32 Å². The maximum Gasteiger partial charge on any atom is 0.326 e. The molecule has 5 rings (SSSR count). The minimum Gasteiger partial charge on any atom is -0.493 e. The number of aromatic amines is 2. The van der Waals surface area contributed by atoms with Crippen molar-refractivity contribution in [2.45, 2.75) is 31.8 Å². The first-order chi connectivity index (χ1) is 14.6. The molecule has 0 aromatic carbocycles. The molecule has 0 spiro atoms. The second-order valence-electron chi connectivity index (χ2n) is 7.30. The fraction of sp³-hybridized carbons (Fsp3) is 0.250. The number of hydrogen-bond donors (Lipinski definition) is 4. The van der Waals surface area contributed by atoms with Gasteiger partial charge in [-0.2, -0.15) is 9.61 Å². The second kappa shape index (κ2) is 7.14. The second-order valence-corrected chi connectivity index (χ2v) is 7.30. The standard InChI is InChI=1S/C20H20N8O2/c1-11(14-4-2-3-7-21-14)23-16-9-17(24-13-5-6-13)28-18(26-16)12(10-22-28)8-15-19(29)27-20(30)25-15/h2-4,7-11,13,23,29H,5-6H2,1H3,(H2,25,27,30)/b12-8-,24-17?. The molecule has 4 N–H and O–H groups in total. The van der Waals surface area contributed by atoms with Crippen LogP contribution in [0.15, 0.2) is 46.4 Å². The summed E-state index contributed by atoms with van der Waals surface area (Å²) in [5, 5.41) is 18.3. The summed E-state index contributed by atoms with van der Waals surface area (Å²) >= 11 is 0.